The van der Waals surface area contributed by atoms with Crippen LogP contribution in [0.1, 0.15) is 27.7 Å². The Morgan fingerprint density at radius 1 is 1.11 bits per heavy atom. The molecule has 1 aromatic heterocycles. The normalized spacial score (nSPS) is 25.0. The van der Waals surface area contributed by atoms with Crippen molar-refractivity contribution >= 4 is 5.97 Å². The maximum atomic E-state index is 12.6. The first kappa shape index (κ1) is 23.2. The molecule has 2 aliphatic rings. The van der Waals surface area contributed by atoms with Crippen molar-refractivity contribution in [2.45, 2.75) is 31.5 Å². The highest BCUT2D eigenvalue weighted by atomic mass is 16.6. The Bertz CT molecular complexity index is 1300. The second kappa shape index (κ2) is 9.61. The van der Waals surface area contributed by atoms with Gasteiger partial charge in [-0.15, -0.1) is 0 Å². The van der Waals surface area contributed by atoms with Crippen molar-refractivity contribution in [2.24, 2.45) is 5.92 Å². The number of H-pyrrole nitrogens is 1. The zero-order valence-electron chi connectivity index (χ0n) is 19.2. The number of hydrogen-bond acceptors (Lipinski definition) is 7. The minimum Gasteiger partial charge on any atom is -0.459 e. The van der Waals surface area contributed by atoms with Gasteiger partial charge in [0.05, 0.1) is 25.4 Å². The SMILES string of the molecule is Cc1cn([C@@H]2O[C@@]3(COC(=O)c4ccccc4)COC2C3COCc2ccccc2)c(=O)[nH]c1=O. The molecule has 1 N–H and O–H groups in total. The highest BCUT2D eigenvalue weighted by molar-refractivity contribution is 5.89. The third kappa shape index (κ3) is 4.58. The van der Waals surface area contributed by atoms with Gasteiger partial charge in [-0.05, 0) is 24.6 Å². The number of nitrogens with zero attached hydrogens (tertiary/aromatic N) is 1. The molecule has 0 amide bonds. The number of carbonyl (C=O) groups is 1. The molecule has 0 saturated carbocycles. The molecule has 3 aromatic rings. The maximum Gasteiger partial charge on any atom is 0.338 e. The molecule has 2 saturated heterocycles. The molecule has 182 valence electrons. The summed E-state index contributed by atoms with van der Waals surface area (Å²) in [6.45, 7) is 2.40. The monoisotopic (exact) mass is 478 g/mol. The van der Waals surface area contributed by atoms with Crippen molar-refractivity contribution in [3.05, 3.63) is 104 Å². The third-order valence-electron chi connectivity index (χ3n) is 6.51. The van der Waals surface area contributed by atoms with Crippen LogP contribution < -0.4 is 11.2 Å². The molecule has 0 spiro atoms. The fourth-order valence-electron chi connectivity index (χ4n) is 4.61. The Morgan fingerprint density at radius 3 is 2.57 bits per heavy atom. The summed E-state index contributed by atoms with van der Waals surface area (Å²) in [5.41, 5.74) is -0.226. The first-order chi connectivity index (χ1) is 17.0. The lowest BCUT2D eigenvalue weighted by Crippen LogP contribution is -2.45. The molecule has 2 aliphatic heterocycles. The lowest BCUT2D eigenvalue weighted by molar-refractivity contribution is -0.187. The first-order valence-corrected chi connectivity index (χ1v) is 11.4. The summed E-state index contributed by atoms with van der Waals surface area (Å²) in [4.78, 5) is 39.4. The van der Waals surface area contributed by atoms with E-state index in [1.165, 1.54) is 10.8 Å². The second-order valence-electron chi connectivity index (χ2n) is 8.88. The molecule has 9 nitrogen and oxygen atoms in total. The summed E-state index contributed by atoms with van der Waals surface area (Å²) in [7, 11) is 0. The minimum absolute atomic E-state index is 0.0653. The lowest BCUT2D eigenvalue weighted by atomic mass is 9.90. The van der Waals surface area contributed by atoms with Gasteiger partial charge in [-0.1, -0.05) is 48.5 Å². The van der Waals surface area contributed by atoms with Gasteiger partial charge in [-0.3, -0.25) is 14.3 Å². The van der Waals surface area contributed by atoms with Crippen molar-refractivity contribution in [3.8, 4) is 0 Å². The summed E-state index contributed by atoms with van der Waals surface area (Å²) in [5.74, 6) is -0.782. The molecule has 35 heavy (non-hydrogen) atoms. The molecule has 2 bridgehead atoms. The Balaban J connectivity index is 1.38. The molecule has 3 heterocycles. The van der Waals surface area contributed by atoms with Crippen LogP contribution in [0.5, 0.6) is 0 Å². The summed E-state index contributed by atoms with van der Waals surface area (Å²) in [5, 5.41) is 0. The van der Waals surface area contributed by atoms with Crippen molar-refractivity contribution in [1.29, 1.82) is 0 Å². The van der Waals surface area contributed by atoms with Gasteiger partial charge in [0.1, 0.15) is 18.3 Å². The number of fused-ring (bicyclic) bond motifs is 2. The highest BCUT2D eigenvalue weighted by Crippen LogP contribution is 2.49. The molecule has 2 aromatic carbocycles. The standard InChI is InChI=1S/C26H26N2O7/c1-17-12-28(25(31)27-22(17)29)23-21-20(14-32-13-18-8-4-2-5-9-18)26(35-23,15-33-21)16-34-24(30)19-10-6-3-7-11-19/h2-12,20-21,23H,13-16H2,1H3,(H,27,29,31)/t20?,21?,23-,26-/m1/s1. The van der Waals surface area contributed by atoms with Crippen LogP contribution in [0.25, 0.3) is 0 Å². The molecular formula is C26H26N2O7. The Labute approximate surface area is 201 Å². The summed E-state index contributed by atoms with van der Waals surface area (Å²) in [6, 6.07) is 18.5. The minimum atomic E-state index is -1.00. The number of aryl methyl sites for hydroxylation is 1. The van der Waals surface area contributed by atoms with Crippen LogP contribution in [0.2, 0.25) is 0 Å². The quantitative estimate of drug-likeness (QED) is 0.495. The summed E-state index contributed by atoms with van der Waals surface area (Å²) >= 11 is 0. The van der Waals surface area contributed by atoms with Crippen molar-refractivity contribution in [1.82, 2.24) is 9.55 Å². The molecule has 9 heteroatoms. The van der Waals surface area contributed by atoms with Gasteiger partial charge < -0.3 is 18.9 Å². The number of nitrogens with one attached hydrogen (secondary N) is 1. The van der Waals surface area contributed by atoms with Crippen LogP contribution >= 0.6 is 0 Å². The summed E-state index contributed by atoms with van der Waals surface area (Å²) in [6.07, 6.45) is 0.137. The van der Waals surface area contributed by atoms with Gasteiger partial charge in [0, 0.05) is 17.7 Å². The van der Waals surface area contributed by atoms with Crippen LogP contribution in [-0.4, -0.2) is 47.0 Å². The number of esters is 1. The number of hydrogen-bond donors (Lipinski definition) is 1. The van der Waals surface area contributed by atoms with Gasteiger partial charge >= 0.3 is 11.7 Å². The zero-order valence-corrected chi connectivity index (χ0v) is 19.2. The van der Waals surface area contributed by atoms with Gasteiger partial charge in [0.25, 0.3) is 5.56 Å². The van der Waals surface area contributed by atoms with E-state index in [1.807, 2.05) is 36.4 Å². The third-order valence-corrected chi connectivity index (χ3v) is 6.51. The molecule has 0 radical (unpaired) electrons. The molecule has 4 atom stereocenters. The average Bonchev–Trinajstić information content (AvgIpc) is 3.38. The maximum absolute atomic E-state index is 12.6. The number of ether oxygens (including phenoxy) is 4. The van der Waals surface area contributed by atoms with Gasteiger partial charge in [-0.2, -0.15) is 0 Å². The van der Waals surface area contributed by atoms with Crippen LogP contribution in [0.4, 0.5) is 0 Å². The van der Waals surface area contributed by atoms with Gasteiger partial charge in [0.2, 0.25) is 0 Å². The van der Waals surface area contributed by atoms with Crippen LogP contribution in [0.15, 0.2) is 76.4 Å². The van der Waals surface area contributed by atoms with Gasteiger partial charge in [-0.25, -0.2) is 9.59 Å². The second-order valence-corrected chi connectivity index (χ2v) is 8.88. The molecule has 2 fully saturated rings. The lowest BCUT2D eigenvalue weighted by Gasteiger charge is -2.31. The fourth-order valence-corrected chi connectivity index (χ4v) is 4.61. The Hall–Kier alpha value is -3.53. The van der Waals surface area contributed by atoms with E-state index in [1.54, 1.807) is 31.2 Å². The number of aromatic nitrogens is 2. The van der Waals surface area contributed by atoms with E-state index in [0.29, 0.717) is 17.7 Å². The number of aromatic amines is 1. The smallest absolute Gasteiger partial charge is 0.338 e. The topological polar surface area (TPSA) is 109 Å². The number of rotatable bonds is 8. The number of benzene rings is 2. The van der Waals surface area contributed by atoms with E-state index in [9.17, 15) is 14.4 Å². The summed E-state index contributed by atoms with van der Waals surface area (Å²) < 4.78 is 25.4. The fraction of sp³-hybridized carbons (Fsp3) is 0.346. The van der Waals surface area contributed by atoms with E-state index in [-0.39, 0.29) is 25.7 Å². The molecule has 5 rings (SSSR count). The molecule has 2 unspecified atom stereocenters. The van der Waals surface area contributed by atoms with E-state index < -0.39 is 35.2 Å². The van der Waals surface area contributed by atoms with Crippen molar-refractivity contribution < 1.29 is 23.7 Å². The first-order valence-electron chi connectivity index (χ1n) is 11.4. The average molecular weight is 479 g/mol. The number of carbonyl (C=O) groups excluding carboxylic acids is 1. The van der Waals surface area contributed by atoms with Crippen molar-refractivity contribution in [2.75, 3.05) is 19.8 Å². The van der Waals surface area contributed by atoms with E-state index >= 15 is 0 Å². The predicted octanol–water partition coefficient (Wildman–Crippen LogP) is 2.20. The molecule has 0 aliphatic carbocycles. The Morgan fingerprint density at radius 2 is 1.83 bits per heavy atom. The zero-order chi connectivity index (χ0) is 24.4. The van der Waals surface area contributed by atoms with Crippen LogP contribution in [0.3, 0.4) is 0 Å². The largest absolute Gasteiger partial charge is 0.459 e. The van der Waals surface area contributed by atoms with E-state index in [4.69, 9.17) is 18.9 Å². The molecular weight excluding hydrogens is 452 g/mol. The highest BCUT2D eigenvalue weighted by Gasteiger charge is 2.62. The van der Waals surface area contributed by atoms with Gasteiger partial charge in [0.15, 0.2) is 6.23 Å². The van der Waals surface area contributed by atoms with Crippen LogP contribution in [-0.2, 0) is 25.6 Å². The Kier molecular flexibility index (Phi) is 6.38. The van der Waals surface area contributed by atoms with E-state index in [2.05, 4.69) is 4.98 Å². The predicted molar refractivity (Wildman–Crippen MR) is 125 cm³/mol. The van der Waals surface area contributed by atoms with Crippen LogP contribution in [0, 0.1) is 12.8 Å². The van der Waals surface area contributed by atoms with E-state index in [0.717, 1.165) is 5.56 Å². The van der Waals surface area contributed by atoms with Crippen molar-refractivity contribution in [3.63, 3.8) is 0 Å².